The summed E-state index contributed by atoms with van der Waals surface area (Å²) in [6, 6.07) is 5.59. The zero-order valence-electron chi connectivity index (χ0n) is 13.3. The van der Waals surface area contributed by atoms with Gasteiger partial charge in [0.25, 0.3) is 5.69 Å². The van der Waals surface area contributed by atoms with Crippen molar-refractivity contribution in [2.24, 2.45) is 10.9 Å². The second-order valence-corrected chi connectivity index (χ2v) is 5.39. The Morgan fingerprint density at radius 1 is 1.33 bits per heavy atom. The van der Waals surface area contributed by atoms with Crippen LogP contribution in [0.25, 0.3) is 0 Å². The Morgan fingerprint density at radius 2 is 2.00 bits per heavy atom. The number of ether oxygens (including phenoxy) is 1. The second-order valence-electron chi connectivity index (χ2n) is 5.39. The molecule has 0 spiro atoms. The number of rotatable bonds is 4. The molecule has 1 heterocycles. The van der Waals surface area contributed by atoms with Crippen LogP contribution in [0.2, 0.25) is 0 Å². The van der Waals surface area contributed by atoms with E-state index in [1.54, 1.807) is 19.9 Å². The lowest BCUT2D eigenvalue weighted by atomic mass is 9.75. The van der Waals surface area contributed by atoms with Gasteiger partial charge in [0.1, 0.15) is 5.92 Å². The first-order valence-electron chi connectivity index (χ1n) is 7.09. The van der Waals surface area contributed by atoms with E-state index in [-0.39, 0.29) is 11.3 Å². The average Bonchev–Trinajstić information content (AvgIpc) is 2.53. The van der Waals surface area contributed by atoms with Gasteiger partial charge in [0.15, 0.2) is 0 Å². The summed E-state index contributed by atoms with van der Waals surface area (Å²) in [6.45, 7) is 3.14. The molecular formula is C16H16N2O6. The zero-order valence-corrected chi connectivity index (χ0v) is 13.3. The van der Waals surface area contributed by atoms with Crippen LogP contribution in [0.1, 0.15) is 25.3 Å². The molecule has 8 heteroatoms. The van der Waals surface area contributed by atoms with Gasteiger partial charge in [0, 0.05) is 29.5 Å². The molecule has 126 valence electrons. The molecule has 0 bridgehead atoms. The molecule has 1 aliphatic heterocycles. The number of carbonyl (C=O) groups is 2. The van der Waals surface area contributed by atoms with Crippen LogP contribution in [0.3, 0.4) is 0 Å². The van der Waals surface area contributed by atoms with Gasteiger partial charge < -0.3 is 9.84 Å². The molecule has 1 aromatic rings. The average molecular weight is 332 g/mol. The molecule has 2 rings (SSSR count). The number of nitrogens with zero attached hydrogens (tertiary/aromatic N) is 2. The van der Waals surface area contributed by atoms with Crippen LogP contribution in [0.5, 0.6) is 0 Å². The van der Waals surface area contributed by atoms with Gasteiger partial charge in [-0.25, -0.2) is 4.79 Å². The Balaban J connectivity index is 2.70. The van der Waals surface area contributed by atoms with Gasteiger partial charge in [-0.2, -0.15) is 0 Å². The normalized spacial score (nSPS) is 20.4. The van der Waals surface area contributed by atoms with Crippen molar-refractivity contribution in [3.63, 3.8) is 0 Å². The number of allylic oxidation sites excluding steroid dienone is 1. The number of carboxylic acid groups (broad SMARTS) is 1. The third kappa shape index (κ3) is 3.03. The lowest BCUT2D eigenvalue weighted by molar-refractivity contribution is -0.384. The van der Waals surface area contributed by atoms with E-state index in [0.29, 0.717) is 17.0 Å². The SMILES string of the molecule is COC(=O)C1=C(C)N=C(C)C(C(=O)O)C1c1cccc([N+](=O)[O-])c1. The summed E-state index contributed by atoms with van der Waals surface area (Å²) in [6.07, 6.45) is 0. The number of benzene rings is 1. The smallest absolute Gasteiger partial charge is 0.336 e. The molecule has 1 aliphatic rings. The van der Waals surface area contributed by atoms with E-state index >= 15 is 0 Å². The number of nitro groups is 1. The molecule has 1 aromatic carbocycles. The number of aliphatic imine (C=N–C) groups is 1. The number of esters is 1. The molecule has 8 nitrogen and oxygen atoms in total. The first-order valence-corrected chi connectivity index (χ1v) is 7.09. The number of methoxy groups -OCH3 is 1. The maximum Gasteiger partial charge on any atom is 0.336 e. The van der Waals surface area contributed by atoms with E-state index < -0.39 is 28.7 Å². The molecule has 0 saturated carbocycles. The van der Waals surface area contributed by atoms with Gasteiger partial charge in [-0.05, 0) is 19.4 Å². The number of carboxylic acids is 1. The molecule has 0 amide bonds. The van der Waals surface area contributed by atoms with E-state index in [4.69, 9.17) is 4.74 Å². The van der Waals surface area contributed by atoms with E-state index in [2.05, 4.69) is 4.99 Å². The first kappa shape index (κ1) is 17.3. The van der Waals surface area contributed by atoms with Crippen LogP contribution in [0, 0.1) is 16.0 Å². The van der Waals surface area contributed by atoms with Crippen molar-refractivity contribution in [2.45, 2.75) is 19.8 Å². The van der Waals surface area contributed by atoms with E-state index in [1.165, 1.54) is 25.3 Å². The van der Waals surface area contributed by atoms with Crippen molar-refractivity contribution in [1.82, 2.24) is 0 Å². The number of hydrogen-bond donors (Lipinski definition) is 1. The predicted molar refractivity (Wildman–Crippen MR) is 84.8 cm³/mol. The monoisotopic (exact) mass is 332 g/mol. The zero-order chi connectivity index (χ0) is 18.0. The highest BCUT2D eigenvalue weighted by Crippen LogP contribution is 2.40. The minimum Gasteiger partial charge on any atom is -0.481 e. The Bertz CT molecular complexity index is 781. The van der Waals surface area contributed by atoms with Crippen LogP contribution in [0.4, 0.5) is 5.69 Å². The lowest BCUT2D eigenvalue weighted by Gasteiger charge is -2.30. The minimum atomic E-state index is -1.17. The molecule has 0 aromatic heterocycles. The van der Waals surface area contributed by atoms with E-state index in [0.717, 1.165) is 0 Å². The minimum absolute atomic E-state index is 0.0935. The van der Waals surface area contributed by atoms with Gasteiger partial charge in [-0.3, -0.25) is 19.9 Å². The number of carbonyl (C=O) groups excluding carboxylic acids is 1. The van der Waals surface area contributed by atoms with E-state index in [9.17, 15) is 24.8 Å². The summed E-state index contributed by atoms with van der Waals surface area (Å²) >= 11 is 0. The standard InChI is InChI=1S/C16H16N2O6/c1-8-12(15(19)20)14(13(9(2)17-8)16(21)24-3)10-5-4-6-11(7-10)18(22)23/h4-7,12,14H,1-3H3,(H,19,20). The first-order chi connectivity index (χ1) is 11.3. The van der Waals surface area contributed by atoms with Gasteiger partial charge >= 0.3 is 11.9 Å². The summed E-state index contributed by atoms with van der Waals surface area (Å²) in [5.74, 6) is -3.88. The molecule has 0 radical (unpaired) electrons. The summed E-state index contributed by atoms with van der Waals surface area (Å²) in [7, 11) is 1.19. The summed E-state index contributed by atoms with van der Waals surface area (Å²) in [5.41, 5.74) is 0.929. The fraction of sp³-hybridized carbons (Fsp3) is 0.312. The highest BCUT2D eigenvalue weighted by Gasteiger charge is 2.41. The molecule has 1 N–H and O–H groups in total. The Kier molecular flexibility index (Phi) is 4.77. The van der Waals surface area contributed by atoms with Crippen LogP contribution < -0.4 is 0 Å². The highest BCUT2D eigenvalue weighted by molar-refractivity contribution is 6.06. The number of hydrogen-bond acceptors (Lipinski definition) is 6. The molecule has 0 saturated heterocycles. The fourth-order valence-corrected chi connectivity index (χ4v) is 2.92. The van der Waals surface area contributed by atoms with E-state index in [1.807, 2.05) is 0 Å². The summed E-state index contributed by atoms with van der Waals surface area (Å²) < 4.78 is 4.76. The van der Waals surface area contributed by atoms with Crippen molar-refractivity contribution < 1.29 is 24.4 Å². The lowest BCUT2D eigenvalue weighted by Crippen LogP contribution is -2.35. The molecule has 2 atom stereocenters. The van der Waals surface area contributed by atoms with Crippen molar-refractivity contribution in [2.75, 3.05) is 7.11 Å². The number of non-ortho nitro benzene ring substituents is 1. The van der Waals surface area contributed by atoms with Gasteiger partial charge in [-0.15, -0.1) is 0 Å². The number of nitro benzene ring substituents is 1. The second kappa shape index (κ2) is 6.61. The maximum absolute atomic E-state index is 12.2. The van der Waals surface area contributed by atoms with Crippen LogP contribution in [-0.2, 0) is 14.3 Å². The van der Waals surface area contributed by atoms with Crippen molar-refractivity contribution in [1.29, 1.82) is 0 Å². The van der Waals surface area contributed by atoms with Crippen molar-refractivity contribution >= 4 is 23.3 Å². The van der Waals surface area contributed by atoms with Gasteiger partial charge in [0.2, 0.25) is 0 Å². The molecular weight excluding hydrogens is 316 g/mol. The maximum atomic E-state index is 12.2. The predicted octanol–water partition coefficient (Wildman–Crippen LogP) is 2.30. The van der Waals surface area contributed by atoms with Crippen LogP contribution in [0.15, 0.2) is 40.5 Å². The number of aliphatic carboxylic acids is 1. The third-order valence-corrected chi connectivity index (χ3v) is 3.94. The third-order valence-electron chi connectivity index (χ3n) is 3.94. The van der Waals surface area contributed by atoms with Gasteiger partial charge in [0.05, 0.1) is 17.6 Å². The Labute approximate surface area is 137 Å². The summed E-state index contributed by atoms with van der Waals surface area (Å²) in [4.78, 5) is 38.5. The Hall–Kier alpha value is -3.03. The van der Waals surface area contributed by atoms with Crippen molar-refractivity contribution in [3.05, 3.63) is 51.2 Å². The van der Waals surface area contributed by atoms with Crippen LogP contribution in [-0.4, -0.2) is 34.8 Å². The fourth-order valence-electron chi connectivity index (χ4n) is 2.92. The molecule has 0 aliphatic carbocycles. The van der Waals surface area contributed by atoms with Crippen LogP contribution >= 0.6 is 0 Å². The quantitative estimate of drug-likeness (QED) is 0.513. The van der Waals surface area contributed by atoms with Crippen molar-refractivity contribution in [3.8, 4) is 0 Å². The highest BCUT2D eigenvalue weighted by atomic mass is 16.6. The Morgan fingerprint density at radius 3 is 2.54 bits per heavy atom. The van der Waals surface area contributed by atoms with Gasteiger partial charge in [-0.1, -0.05) is 12.1 Å². The topological polar surface area (TPSA) is 119 Å². The molecule has 24 heavy (non-hydrogen) atoms. The largest absolute Gasteiger partial charge is 0.481 e. The molecule has 0 fully saturated rings. The summed E-state index contributed by atoms with van der Waals surface area (Å²) in [5, 5.41) is 20.6. The molecule has 2 unspecified atom stereocenters.